The van der Waals surface area contributed by atoms with Crippen LogP contribution in [0.3, 0.4) is 0 Å². The maximum absolute atomic E-state index is 14.6. The minimum Gasteiger partial charge on any atom is -0.481 e. The van der Waals surface area contributed by atoms with Gasteiger partial charge >= 0.3 is 5.97 Å². The largest absolute Gasteiger partial charge is 0.481 e. The Labute approximate surface area is 356 Å². The molecule has 0 bridgehead atoms. The van der Waals surface area contributed by atoms with Gasteiger partial charge in [0, 0.05) is 30.1 Å². The zero-order valence-electron chi connectivity index (χ0n) is 37.6. The molecule has 4 fully saturated rings. The van der Waals surface area contributed by atoms with Crippen LogP contribution in [-0.4, -0.2) is 98.4 Å². The predicted octanol–water partition coefficient (Wildman–Crippen LogP) is 7.22. The highest BCUT2D eigenvalue weighted by atomic mass is 16.8. The van der Waals surface area contributed by atoms with Gasteiger partial charge in [-0.05, 0) is 102 Å². The molecular formula is C47H73NO12. The molecule has 4 N–H and O–H groups in total. The van der Waals surface area contributed by atoms with Crippen LogP contribution in [0, 0.1) is 41.4 Å². The Morgan fingerprint density at radius 1 is 0.917 bits per heavy atom. The minimum atomic E-state index is -1.37. The summed E-state index contributed by atoms with van der Waals surface area (Å²) in [5.41, 5.74) is -1.74. The number of ether oxygens (including phenoxy) is 5. The van der Waals surface area contributed by atoms with Crippen LogP contribution in [0.4, 0.5) is 0 Å². The van der Waals surface area contributed by atoms with Gasteiger partial charge in [0.2, 0.25) is 0 Å². The van der Waals surface area contributed by atoms with Crippen LogP contribution in [0.25, 0.3) is 0 Å². The molecule has 1 aromatic heterocycles. The van der Waals surface area contributed by atoms with Crippen LogP contribution >= 0.6 is 0 Å². The van der Waals surface area contributed by atoms with Crippen molar-refractivity contribution in [3.63, 3.8) is 0 Å². The van der Waals surface area contributed by atoms with Crippen LogP contribution in [0.2, 0.25) is 0 Å². The van der Waals surface area contributed by atoms with Gasteiger partial charge in [-0.15, -0.1) is 0 Å². The molecular weight excluding hydrogens is 771 g/mol. The Morgan fingerprint density at radius 2 is 1.63 bits per heavy atom. The number of aliphatic carboxylic acids is 1. The number of carbonyl (C=O) groups is 3. The van der Waals surface area contributed by atoms with E-state index in [-0.39, 0.29) is 35.4 Å². The van der Waals surface area contributed by atoms with Crippen molar-refractivity contribution in [1.29, 1.82) is 0 Å². The average molecular weight is 844 g/mol. The van der Waals surface area contributed by atoms with E-state index in [0.29, 0.717) is 57.8 Å². The van der Waals surface area contributed by atoms with E-state index in [1.54, 1.807) is 19.1 Å². The molecule has 338 valence electrons. The topological polar surface area (TPSA) is 183 Å². The van der Waals surface area contributed by atoms with E-state index in [1.165, 1.54) is 6.26 Å². The van der Waals surface area contributed by atoms with E-state index >= 15 is 0 Å². The van der Waals surface area contributed by atoms with Crippen molar-refractivity contribution in [2.75, 3.05) is 0 Å². The first-order chi connectivity index (χ1) is 28.3. The molecule has 6 heterocycles. The predicted molar refractivity (Wildman–Crippen MR) is 223 cm³/mol. The van der Waals surface area contributed by atoms with E-state index in [9.17, 15) is 29.7 Å². The van der Waals surface area contributed by atoms with Crippen molar-refractivity contribution in [1.82, 2.24) is 5.32 Å². The van der Waals surface area contributed by atoms with Crippen LogP contribution in [0.5, 0.6) is 0 Å². The maximum atomic E-state index is 14.6. The van der Waals surface area contributed by atoms with Gasteiger partial charge in [0.25, 0.3) is 5.91 Å². The molecule has 0 saturated carbocycles. The summed E-state index contributed by atoms with van der Waals surface area (Å²) < 4.78 is 39.9. The third-order valence-electron chi connectivity index (χ3n) is 15.5. The van der Waals surface area contributed by atoms with Gasteiger partial charge in [-0.25, -0.2) is 0 Å². The lowest BCUT2D eigenvalue weighted by Crippen LogP contribution is -2.65. The maximum Gasteiger partial charge on any atom is 0.309 e. The minimum absolute atomic E-state index is 0.0284. The second-order valence-electron chi connectivity index (χ2n) is 19.4. The average Bonchev–Trinajstić information content (AvgIpc) is 3.88. The van der Waals surface area contributed by atoms with Crippen molar-refractivity contribution in [2.45, 2.75) is 199 Å². The number of hydrogen-bond acceptors (Lipinski definition) is 11. The number of carbonyl (C=O) groups excluding carboxylic acids is 2. The summed E-state index contributed by atoms with van der Waals surface area (Å²) in [6.45, 7) is 19.6. The van der Waals surface area contributed by atoms with E-state index in [1.807, 2.05) is 53.7 Å². The molecule has 1 amide bonds. The summed E-state index contributed by atoms with van der Waals surface area (Å²) in [6, 6.07) is 2.53. The number of aliphatic hydroxyl groups is 2. The second-order valence-corrected chi connectivity index (χ2v) is 19.4. The molecule has 1 unspecified atom stereocenters. The fraction of sp³-hybridized carbons (Fsp3) is 0.809. The molecule has 13 nitrogen and oxygen atoms in total. The van der Waals surface area contributed by atoms with Gasteiger partial charge in [-0.2, -0.15) is 0 Å². The Balaban J connectivity index is 1.24. The van der Waals surface area contributed by atoms with Gasteiger partial charge < -0.3 is 48.7 Å². The fourth-order valence-electron chi connectivity index (χ4n) is 11.3. The van der Waals surface area contributed by atoms with Crippen LogP contribution in [0.15, 0.2) is 35.0 Å². The lowest BCUT2D eigenvalue weighted by atomic mass is 9.72. The summed E-state index contributed by atoms with van der Waals surface area (Å²) in [4.78, 5) is 40.2. The summed E-state index contributed by atoms with van der Waals surface area (Å²) >= 11 is 0. The molecule has 0 aliphatic carbocycles. The number of amides is 1. The van der Waals surface area contributed by atoms with Gasteiger partial charge in [0.05, 0.1) is 60.0 Å². The van der Waals surface area contributed by atoms with Crippen LogP contribution < -0.4 is 5.32 Å². The lowest BCUT2D eigenvalue weighted by Gasteiger charge is -2.55. The zero-order valence-corrected chi connectivity index (χ0v) is 37.6. The van der Waals surface area contributed by atoms with Gasteiger partial charge in [0.1, 0.15) is 11.8 Å². The Bertz CT molecular complexity index is 1690. The molecule has 0 aromatic carbocycles. The number of carboxylic acids is 1. The highest BCUT2D eigenvalue weighted by molar-refractivity contribution is 5.91. The third kappa shape index (κ3) is 8.79. The molecule has 4 saturated heterocycles. The normalized spacial score (nSPS) is 42.0. The van der Waals surface area contributed by atoms with Crippen molar-refractivity contribution < 1.29 is 57.8 Å². The highest BCUT2D eigenvalue weighted by Crippen LogP contribution is 2.54. The van der Waals surface area contributed by atoms with Gasteiger partial charge in [-0.3, -0.25) is 14.4 Å². The number of nitrogens with one attached hydrogen (secondary N) is 1. The van der Waals surface area contributed by atoms with Crippen LogP contribution in [0.1, 0.15) is 144 Å². The highest BCUT2D eigenvalue weighted by Gasteiger charge is 2.63. The van der Waals surface area contributed by atoms with Crippen molar-refractivity contribution in [3.8, 4) is 0 Å². The number of aliphatic hydroxyl groups excluding tert-OH is 1. The lowest BCUT2D eigenvalue weighted by molar-refractivity contribution is -0.397. The smallest absolute Gasteiger partial charge is 0.309 e. The molecule has 60 heavy (non-hydrogen) atoms. The van der Waals surface area contributed by atoms with E-state index in [4.69, 9.17) is 28.1 Å². The molecule has 5 aliphatic rings. The molecule has 2 spiro atoms. The van der Waals surface area contributed by atoms with Crippen molar-refractivity contribution in [2.24, 2.45) is 41.4 Å². The fourth-order valence-corrected chi connectivity index (χ4v) is 11.3. The first-order valence-corrected chi connectivity index (χ1v) is 22.9. The van der Waals surface area contributed by atoms with Gasteiger partial charge in [-0.1, -0.05) is 61.5 Å². The number of ketones is 1. The number of carboxylic acid groups (broad SMARTS) is 1. The summed E-state index contributed by atoms with van der Waals surface area (Å²) in [6.07, 6.45) is 7.79. The van der Waals surface area contributed by atoms with E-state index in [2.05, 4.69) is 26.1 Å². The third-order valence-corrected chi connectivity index (χ3v) is 15.5. The van der Waals surface area contributed by atoms with Gasteiger partial charge in [0.15, 0.2) is 17.3 Å². The van der Waals surface area contributed by atoms with E-state index < -0.39 is 94.9 Å². The monoisotopic (exact) mass is 844 g/mol. The SMILES string of the molecule is CCC(C(=O)[C@@H](C)[C@@H](O)[C@H](C)[C@@H]1O[C@@H]([C@@H](CC)C(=O)O)CC[C@@H]1C)[C@H]1O[C@]2(C=C[C@@H](NC(=O)c3ccco3)[C@]3(CC[C@@](C)([C@H]4CC[C@](O)(CC)[C@H](C)O4)O3)O2)[C@H](C)C[C@@H]1C. The first kappa shape index (κ1) is 46.8. The van der Waals surface area contributed by atoms with Crippen LogP contribution in [-0.2, 0) is 33.3 Å². The quantitative estimate of drug-likeness (QED) is 0.138. The Kier molecular flexibility index (Phi) is 14.2. The Hall–Kier alpha value is -2.65. The number of furan rings is 1. The molecule has 1 aromatic rings. The summed E-state index contributed by atoms with van der Waals surface area (Å²) in [5.74, 6) is -6.37. The standard InChI is InChI=1S/C47H73NO12/c1-11-32(43(52)53)34-17-16-26(4)40(57-34)30(8)38(49)29(7)39(50)33(12-2)41-27(5)25-28(6)46(58-41)21-18-36(48-42(51)35-15-14-24-55-35)47(60-46)23-22-44(10,59-47)37-19-20-45(54,13-3)31(9)56-37/h14-15,18,21,24,26-34,36-38,40-41,49,54H,11-13,16-17,19-20,22-23,25H2,1-10H3,(H,48,51)(H,52,53)/t26-,27-,28+,29-,30-,31-,32+,33?,34+,36+,37+,38+,40+,41-,44-,45+,46-,47-/m0/s1. The molecule has 13 heteroatoms. The molecule has 0 radical (unpaired) electrons. The molecule has 18 atom stereocenters. The zero-order chi connectivity index (χ0) is 43.9. The summed E-state index contributed by atoms with van der Waals surface area (Å²) in [5, 5.41) is 36.0. The number of hydrogen-bond donors (Lipinski definition) is 4. The molecule has 6 rings (SSSR count). The summed E-state index contributed by atoms with van der Waals surface area (Å²) in [7, 11) is 0. The van der Waals surface area contributed by atoms with Crippen molar-refractivity contribution in [3.05, 3.63) is 36.3 Å². The first-order valence-electron chi connectivity index (χ1n) is 22.9. The van der Waals surface area contributed by atoms with E-state index in [0.717, 1.165) is 6.42 Å². The van der Waals surface area contributed by atoms with Crippen molar-refractivity contribution >= 4 is 17.7 Å². The number of Topliss-reactive ketones (excluding diaryl/α,β-unsaturated/α-hetero) is 1. The Morgan fingerprint density at radius 3 is 2.25 bits per heavy atom. The second kappa shape index (κ2) is 18.2. The number of rotatable bonds is 14. The molecule has 5 aliphatic heterocycles.